The minimum Gasteiger partial charge on any atom is -0.475 e. The van der Waals surface area contributed by atoms with Crippen LogP contribution in [0.1, 0.15) is 30.9 Å². The monoisotopic (exact) mass is 347 g/mol. The van der Waals surface area contributed by atoms with Crippen molar-refractivity contribution in [2.24, 2.45) is 0 Å². The molecule has 3 rings (SSSR count). The van der Waals surface area contributed by atoms with Crippen molar-refractivity contribution in [1.82, 2.24) is 10.5 Å². The molecule has 0 aromatic carbocycles. The highest BCUT2D eigenvalue weighted by Gasteiger charge is 2.38. The summed E-state index contributed by atoms with van der Waals surface area (Å²) in [6.45, 7) is 1.52. The van der Waals surface area contributed by atoms with Crippen LogP contribution in [0, 0.1) is 0 Å². The van der Waals surface area contributed by atoms with Crippen molar-refractivity contribution in [2.45, 2.75) is 31.5 Å². The van der Waals surface area contributed by atoms with Crippen LogP contribution in [0.4, 0.5) is 18.9 Å². The van der Waals surface area contributed by atoms with E-state index in [1.54, 1.807) is 6.20 Å². The van der Waals surface area contributed by atoms with Crippen molar-refractivity contribution in [2.75, 3.05) is 18.1 Å². The van der Waals surface area contributed by atoms with Gasteiger partial charge in [-0.15, -0.1) is 0 Å². The third-order valence-corrected chi connectivity index (χ3v) is 3.51. The topological polar surface area (TPSA) is 91.8 Å². The van der Waals surface area contributed by atoms with Gasteiger partial charge in [-0.25, -0.2) is 4.79 Å². The average molecular weight is 347 g/mol. The maximum Gasteiger partial charge on any atom is 0.490 e. The molecule has 2 fully saturated rings. The summed E-state index contributed by atoms with van der Waals surface area (Å²) in [4.78, 5) is 31.7. The average Bonchev–Trinajstić information content (AvgIpc) is 3.18. The van der Waals surface area contributed by atoms with E-state index in [0.29, 0.717) is 6.42 Å². The number of aliphatic carboxylic acids is 1. The largest absolute Gasteiger partial charge is 0.490 e. The van der Waals surface area contributed by atoms with Crippen molar-refractivity contribution < 1.29 is 32.7 Å². The van der Waals surface area contributed by atoms with E-state index in [1.165, 1.54) is 0 Å². The number of nitrogens with one attached hydrogen (secondary N) is 1. The smallest absolute Gasteiger partial charge is 0.475 e. The minimum absolute atomic E-state index is 0.194. The predicted octanol–water partition coefficient (Wildman–Crippen LogP) is 1.81. The van der Waals surface area contributed by atoms with Crippen LogP contribution >= 0.6 is 0 Å². The fourth-order valence-corrected chi connectivity index (χ4v) is 2.33. The molecule has 24 heavy (non-hydrogen) atoms. The Morgan fingerprint density at radius 3 is 2.62 bits per heavy atom. The Morgan fingerprint density at radius 1 is 1.42 bits per heavy atom. The number of hydrogen-bond acceptors (Lipinski definition) is 5. The highest BCUT2D eigenvalue weighted by Crippen LogP contribution is 2.26. The number of carboxylic acids is 1. The lowest BCUT2D eigenvalue weighted by Crippen LogP contribution is -2.24. The second kappa shape index (κ2) is 7.58. The second-order valence-corrected chi connectivity index (χ2v) is 5.24. The van der Waals surface area contributed by atoms with Crippen LogP contribution in [0.2, 0.25) is 0 Å². The molecule has 132 valence electrons. The zero-order chi connectivity index (χ0) is 17.7. The molecular formula is C14H16F3N3O4. The van der Waals surface area contributed by atoms with Gasteiger partial charge in [-0.3, -0.25) is 9.78 Å². The fraction of sp³-hybridized carbons (Fsp3) is 0.500. The van der Waals surface area contributed by atoms with Gasteiger partial charge < -0.3 is 14.8 Å². The van der Waals surface area contributed by atoms with Gasteiger partial charge in [0, 0.05) is 19.2 Å². The van der Waals surface area contributed by atoms with Gasteiger partial charge in [0.1, 0.15) is 0 Å². The molecule has 0 spiro atoms. The molecule has 0 saturated carbocycles. The maximum atomic E-state index is 11.7. The number of hydroxylamine groups is 1. The molecular weight excluding hydrogens is 331 g/mol. The Labute approximate surface area is 135 Å². The van der Waals surface area contributed by atoms with Crippen molar-refractivity contribution in [3.8, 4) is 0 Å². The van der Waals surface area contributed by atoms with E-state index in [0.717, 1.165) is 37.2 Å². The van der Waals surface area contributed by atoms with Crippen LogP contribution in [-0.4, -0.2) is 41.3 Å². The summed E-state index contributed by atoms with van der Waals surface area (Å²) in [5.41, 5.74) is 4.94. The Kier molecular flexibility index (Phi) is 5.73. The predicted molar refractivity (Wildman–Crippen MR) is 76.0 cm³/mol. The molecule has 2 saturated heterocycles. The molecule has 0 unspecified atom stereocenters. The molecule has 1 atom stereocenters. The standard InChI is InChI=1S/C12H15N3O2.C2HF3O2/c16-12-2-1-4-15(12)10-6-9(7-13-8-10)11-3-5-17-14-11;3-2(4,5)1(6)7/h6-8,11,14H,1-5H2;(H,6,7)/t11-;/m0./s1. The number of alkyl halides is 3. The lowest BCUT2D eigenvalue weighted by Gasteiger charge is -2.17. The van der Waals surface area contributed by atoms with Crippen LogP contribution in [0.3, 0.4) is 0 Å². The minimum atomic E-state index is -5.08. The van der Waals surface area contributed by atoms with Crippen molar-refractivity contribution in [1.29, 1.82) is 0 Å². The molecule has 2 N–H and O–H groups in total. The van der Waals surface area contributed by atoms with Gasteiger partial charge >= 0.3 is 12.1 Å². The summed E-state index contributed by atoms with van der Waals surface area (Å²) in [5.74, 6) is -2.56. The number of halogens is 3. The van der Waals surface area contributed by atoms with Crippen molar-refractivity contribution in [3.63, 3.8) is 0 Å². The summed E-state index contributed by atoms with van der Waals surface area (Å²) in [6.07, 6.45) is 1.03. The Hall–Kier alpha value is -2.20. The molecule has 1 aromatic heterocycles. The molecule has 0 radical (unpaired) electrons. The van der Waals surface area contributed by atoms with Gasteiger partial charge in [-0.2, -0.15) is 18.7 Å². The number of aromatic nitrogens is 1. The zero-order valence-electron chi connectivity index (χ0n) is 12.5. The number of carbonyl (C=O) groups is 2. The highest BCUT2D eigenvalue weighted by molar-refractivity contribution is 5.95. The quantitative estimate of drug-likeness (QED) is 0.848. The van der Waals surface area contributed by atoms with Crippen molar-refractivity contribution in [3.05, 3.63) is 24.0 Å². The first-order valence-electron chi connectivity index (χ1n) is 7.22. The van der Waals surface area contributed by atoms with Crippen LogP contribution in [-0.2, 0) is 14.4 Å². The van der Waals surface area contributed by atoms with Crippen LogP contribution in [0.15, 0.2) is 18.5 Å². The Balaban J connectivity index is 0.000000256. The number of rotatable bonds is 2. The van der Waals surface area contributed by atoms with Gasteiger partial charge in [0.05, 0.1) is 24.5 Å². The molecule has 2 aliphatic rings. The summed E-state index contributed by atoms with van der Waals surface area (Å²) in [7, 11) is 0. The normalized spacial score (nSPS) is 20.7. The van der Waals surface area contributed by atoms with E-state index in [-0.39, 0.29) is 11.9 Å². The number of anilines is 1. The molecule has 2 aliphatic heterocycles. The van der Waals surface area contributed by atoms with Gasteiger partial charge in [-0.1, -0.05) is 0 Å². The number of carboxylic acid groups (broad SMARTS) is 1. The second-order valence-electron chi connectivity index (χ2n) is 5.24. The first kappa shape index (κ1) is 18.1. The summed E-state index contributed by atoms with van der Waals surface area (Å²) < 4.78 is 31.7. The van der Waals surface area contributed by atoms with Crippen LogP contribution in [0.25, 0.3) is 0 Å². The summed E-state index contributed by atoms with van der Waals surface area (Å²) >= 11 is 0. The van der Waals surface area contributed by atoms with E-state index >= 15 is 0 Å². The SMILES string of the molecule is O=C(O)C(F)(F)F.O=C1CCCN1c1cncc([C@@H]2CCON2)c1. The molecule has 0 bridgehead atoms. The maximum absolute atomic E-state index is 11.7. The van der Waals surface area contributed by atoms with Gasteiger partial charge in [0.15, 0.2) is 0 Å². The van der Waals surface area contributed by atoms with E-state index in [9.17, 15) is 18.0 Å². The Bertz CT molecular complexity index is 603. The number of pyridine rings is 1. The van der Waals surface area contributed by atoms with Crippen LogP contribution in [0.5, 0.6) is 0 Å². The first-order valence-corrected chi connectivity index (χ1v) is 7.22. The number of carbonyl (C=O) groups excluding carboxylic acids is 1. The van der Waals surface area contributed by atoms with Gasteiger partial charge in [0.25, 0.3) is 0 Å². The summed E-state index contributed by atoms with van der Waals surface area (Å²) in [6, 6.07) is 2.22. The Morgan fingerprint density at radius 2 is 2.12 bits per heavy atom. The number of hydrogen-bond donors (Lipinski definition) is 2. The number of nitrogens with zero attached hydrogens (tertiary/aromatic N) is 2. The lowest BCUT2D eigenvalue weighted by atomic mass is 10.1. The van der Waals surface area contributed by atoms with E-state index < -0.39 is 12.1 Å². The molecule has 10 heteroatoms. The van der Waals surface area contributed by atoms with Gasteiger partial charge in [0.2, 0.25) is 5.91 Å². The van der Waals surface area contributed by atoms with E-state index in [2.05, 4.69) is 10.5 Å². The first-order chi connectivity index (χ1) is 11.3. The molecule has 0 aliphatic carbocycles. The zero-order valence-corrected chi connectivity index (χ0v) is 12.5. The lowest BCUT2D eigenvalue weighted by molar-refractivity contribution is -0.192. The highest BCUT2D eigenvalue weighted by atomic mass is 19.4. The fourth-order valence-electron chi connectivity index (χ4n) is 2.33. The molecule has 7 nitrogen and oxygen atoms in total. The number of amides is 1. The molecule has 3 heterocycles. The van der Waals surface area contributed by atoms with E-state index in [4.69, 9.17) is 14.7 Å². The third kappa shape index (κ3) is 4.65. The van der Waals surface area contributed by atoms with Crippen molar-refractivity contribution >= 4 is 17.6 Å². The third-order valence-electron chi connectivity index (χ3n) is 3.51. The van der Waals surface area contributed by atoms with E-state index in [1.807, 2.05) is 17.2 Å². The van der Waals surface area contributed by atoms with Crippen LogP contribution < -0.4 is 10.4 Å². The molecule has 1 amide bonds. The summed E-state index contributed by atoms with van der Waals surface area (Å²) in [5, 5.41) is 7.12. The van der Waals surface area contributed by atoms with Gasteiger partial charge in [-0.05, 0) is 24.5 Å². The molecule has 1 aromatic rings.